The molecule has 0 saturated carbocycles. The molecule has 30 heavy (non-hydrogen) atoms. The molecule has 0 unspecified atom stereocenters. The van der Waals surface area contributed by atoms with E-state index in [1.165, 1.54) is 11.4 Å². The van der Waals surface area contributed by atoms with E-state index in [4.69, 9.17) is 4.74 Å². The van der Waals surface area contributed by atoms with Gasteiger partial charge >= 0.3 is 5.97 Å². The number of rotatable bonds is 5. The molecule has 0 spiro atoms. The number of nitrogens with zero attached hydrogens (tertiary/aromatic N) is 1. The molecule has 0 aliphatic carbocycles. The number of aryl methyl sites for hydroxylation is 1. The van der Waals surface area contributed by atoms with Gasteiger partial charge in [-0.3, -0.25) is 4.79 Å². The van der Waals surface area contributed by atoms with Crippen LogP contribution in [0.4, 0.5) is 0 Å². The summed E-state index contributed by atoms with van der Waals surface area (Å²) in [6.45, 7) is 4.55. The van der Waals surface area contributed by atoms with Gasteiger partial charge in [0.2, 0.25) is 10.0 Å². The molecule has 1 aliphatic rings. The highest BCUT2D eigenvalue weighted by atomic mass is 79.9. The molecule has 1 fully saturated rings. The van der Waals surface area contributed by atoms with E-state index in [1.807, 2.05) is 38.1 Å². The lowest BCUT2D eigenvalue weighted by molar-refractivity contribution is -0.141. The van der Waals surface area contributed by atoms with Crippen molar-refractivity contribution in [2.45, 2.75) is 31.6 Å². The highest BCUT2D eigenvalue weighted by Crippen LogP contribution is 2.35. The van der Waals surface area contributed by atoms with Crippen molar-refractivity contribution in [3.05, 3.63) is 69.7 Å². The number of benzene rings is 2. The van der Waals surface area contributed by atoms with Crippen LogP contribution < -0.4 is 0 Å². The summed E-state index contributed by atoms with van der Waals surface area (Å²) in [5.41, 5.74) is 3.99. The van der Waals surface area contributed by atoms with E-state index in [1.54, 1.807) is 24.3 Å². The molecule has 3 rings (SSSR count). The van der Waals surface area contributed by atoms with Crippen molar-refractivity contribution in [3.63, 3.8) is 0 Å². The average molecular weight is 492 g/mol. The first-order valence-corrected chi connectivity index (χ1v) is 12.0. The predicted molar refractivity (Wildman–Crippen MR) is 121 cm³/mol. The fraction of sp³-hybridized carbons (Fsp3) is 0.348. The van der Waals surface area contributed by atoms with Crippen LogP contribution in [0.2, 0.25) is 0 Å². The molecular formula is C23H26BrNO4S. The Labute approximate surface area is 186 Å². The molecule has 1 atom stereocenters. The van der Waals surface area contributed by atoms with Gasteiger partial charge in [0.15, 0.2) is 0 Å². The number of ether oxygens (including phenoxy) is 1. The van der Waals surface area contributed by atoms with E-state index in [2.05, 4.69) is 15.9 Å². The van der Waals surface area contributed by atoms with E-state index in [0.717, 1.165) is 26.7 Å². The first kappa shape index (κ1) is 22.7. The third-order valence-electron chi connectivity index (χ3n) is 5.62. The van der Waals surface area contributed by atoms with E-state index in [-0.39, 0.29) is 24.9 Å². The summed E-state index contributed by atoms with van der Waals surface area (Å²) in [5, 5.41) is 0. The minimum atomic E-state index is -3.62. The van der Waals surface area contributed by atoms with Crippen molar-refractivity contribution in [3.8, 4) is 0 Å². The zero-order valence-corrected chi connectivity index (χ0v) is 19.8. The predicted octanol–water partition coefficient (Wildman–Crippen LogP) is 4.80. The van der Waals surface area contributed by atoms with Gasteiger partial charge in [0.05, 0.1) is 18.4 Å². The first-order chi connectivity index (χ1) is 14.2. The molecule has 2 aromatic rings. The minimum absolute atomic E-state index is 0.0504. The van der Waals surface area contributed by atoms with Crippen LogP contribution in [-0.4, -0.2) is 38.9 Å². The molecule has 0 aromatic heterocycles. The largest absolute Gasteiger partial charge is 0.469 e. The Morgan fingerprint density at radius 2 is 1.77 bits per heavy atom. The van der Waals surface area contributed by atoms with Crippen molar-refractivity contribution >= 4 is 37.5 Å². The number of hydrogen-bond acceptors (Lipinski definition) is 4. The standard InChI is InChI=1S/C23H26BrNO4S/c1-16-4-10-21(11-5-16)30(27,28)25-13-12-19(14-23(26)29-3)22(15-25)17(2)18-6-8-20(24)9-7-18/h4-11,19H,12-15H2,1-3H3/b22-17-/t19-/m1/s1. The zero-order valence-electron chi connectivity index (χ0n) is 17.4. The number of methoxy groups -OCH3 is 1. The molecule has 5 nitrogen and oxygen atoms in total. The number of carbonyl (C=O) groups is 1. The summed E-state index contributed by atoms with van der Waals surface area (Å²) >= 11 is 3.45. The molecule has 2 aromatic carbocycles. The van der Waals surface area contributed by atoms with Gasteiger partial charge in [-0.2, -0.15) is 4.31 Å². The Kier molecular flexibility index (Phi) is 7.16. The Bertz CT molecular complexity index is 1040. The third kappa shape index (κ3) is 5.02. The Morgan fingerprint density at radius 1 is 1.13 bits per heavy atom. The van der Waals surface area contributed by atoms with Gasteiger partial charge in [-0.1, -0.05) is 45.8 Å². The molecule has 0 radical (unpaired) electrons. The maximum atomic E-state index is 13.2. The summed E-state index contributed by atoms with van der Waals surface area (Å²) in [5.74, 6) is -0.332. The minimum Gasteiger partial charge on any atom is -0.469 e. The van der Waals surface area contributed by atoms with Gasteiger partial charge in [-0.25, -0.2) is 8.42 Å². The molecule has 7 heteroatoms. The van der Waals surface area contributed by atoms with E-state index in [0.29, 0.717) is 17.9 Å². The monoisotopic (exact) mass is 491 g/mol. The van der Waals surface area contributed by atoms with Crippen molar-refractivity contribution in [1.82, 2.24) is 4.31 Å². The van der Waals surface area contributed by atoms with Crippen LogP contribution in [0.3, 0.4) is 0 Å². The van der Waals surface area contributed by atoms with Crippen molar-refractivity contribution in [2.75, 3.05) is 20.2 Å². The summed E-state index contributed by atoms with van der Waals surface area (Å²) < 4.78 is 33.8. The van der Waals surface area contributed by atoms with Gasteiger partial charge in [0.25, 0.3) is 0 Å². The number of esters is 1. The lowest BCUT2D eigenvalue weighted by atomic mass is 9.84. The molecule has 1 aliphatic heterocycles. The molecular weight excluding hydrogens is 466 g/mol. The van der Waals surface area contributed by atoms with E-state index >= 15 is 0 Å². The maximum Gasteiger partial charge on any atom is 0.306 e. The zero-order chi connectivity index (χ0) is 21.9. The quantitative estimate of drug-likeness (QED) is 0.563. The Morgan fingerprint density at radius 3 is 2.37 bits per heavy atom. The van der Waals surface area contributed by atoms with Crippen LogP contribution >= 0.6 is 15.9 Å². The normalized spacial score (nSPS) is 19.4. The highest BCUT2D eigenvalue weighted by Gasteiger charge is 2.34. The van der Waals surface area contributed by atoms with Crippen LogP contribution in [-0.2, 0) is 19.6 Å². The van der Waals surface area contributed by atoms with Gasteiger partial charge in [-0.15, -0.1) is 0 Å². The number of halogens is 1. The van der Waals surface area contributed by atoms with Crippen LogP contribution in [0.5, 0.6) is 0 Å². The summed E-state index contributed by atoms with van der Waals surface area (Å²) in [7, 11) is -2.24. The summed E-state index contributed by atoms with van der Waals surface area (Å²) in [6.07, 6.45) is 0.821. The molecule has 0 bridgehead atoms. The second kappa shape index (κ2) is 9.45. The maximum absolute atomic E-state index is 13.2. The molecule has 1 saturated heterocycles. The third-order valence-corrected chi connectivity index (χ3v) is 8.01. The van der Waals surface area contributed by atoms with Gasteiger partial charge in [0.1, 0.15) is 0 Å². The number of allylic oxidation sites excluding steroid dienone is 1. The second-order valence-electron chi connectivity index (χ2n) is 7.57. The van der Waals surface area contributed by atoms with E-state index in [9.17, 15) is 13.2 Å². The van der Waals surface area contributed by atoms with Gasteiger partial charge in [0, 0.05) is 17.6 Å². The fourth-order valence-electron chi connectivity index (χ4n) is 3.76. The number of hydrogen-bond donors (Lipinski definition) is 0. The Hall–Kier alpha value is -1.96. The topological polar surface area (TPSA) is 63.7 Å². The SMILES string of the molecule is COC(=O)C[C@H]1CCN(S(=O)(=O)c2ccc(C)cc2)C/C1=C(\C)c1ccc(Br)cc1. The lowest BCUT2D eigenvalue weighted by Crippen LogP contribution is -2.40. The Balaban J connectivity index is 1.98. The number of sulfonamides is 1. The van der Waals surface area contributed by atoms with Crippen molar-refractivity contribution < 1.29 is 17.9 Å². The van der Waals surface area contributed by atoms with Gasteiger partial charge in [-0.05, 0) is 67.2 Å². The van der Waals surface area contributed by atoms with Crippen molar-refractivity contribution in [1.29, 1.82) is 0 Å². The smallest absolute Gasteiger partial charge is 0.306 e. The highest BCUT2D eigenvalue weighted by molar-refractivity contribution is 9.10. The lowest BCUT2D eigenvalue weighted by Gasteiger charge is -2.34. The van der Waals surface area contributed by atoms with Crippen LogP contribution in [0, 0.1) is 12.8 Å². The molecule has 1 heterocycles. The first-order valence-electron chi connectivity index (χ1n) is 9.81. The fourth-order valence-corrected chi connectivity index (χ4v) is 5.45. The molecule has 160 valence electrons. The van der Waals surface area contributed by atoms with Crippen molar-refractivity contribution in [2.24, 2.45) is 5.92 Å². The van der Waals surface area contributed by atoms with Gasteiger partial charge < -0.3 is 4.74 Å². The van der Waals surface area contributed by atoms with E-state index < -0.39 is 10.0 Å². The molecule has 0 N–H and O–H groups in total. The average Bonchev–Trinajstić information content (AvgIpc) is 2.74. The summed E-state index contributed by atoms with van der Waals surface area (Å²) in [6, 6.07) is 14.8. The summed E-state index contributed by atoms with van der Waals surface area (Å²) in [4.78, 5) is 12.3. The molecule has 0 amide bonds. The second-order valence-corrected chi connectivity index (χ2v) is 10.4. The van der Waals surface area contributed by atoms with Crippen LogP contribution in [0.25, 0.3) is 5.57 Å². The van der Waals surface area contributed by atoms with Crippen LogP contribution in [0.15, 0.2) is 63.5 Å². The van der Waals surface area contributed by atoms with Crippen LogP contribution in [0.1, 0.15) is 30.9 Å². The number of carbonyl (C=O) groups excluding carboxylic acids is 1. The number of piperidine rings is 1.